The Morgan fingerprint density at radius 1 is 1.20 bits per heavy atom. The van der Waals surface area contributed by atoms with Gasteiger partial charge in [0.25, 0.3) is 0 Å². The number of nitrogens with two attached hydrogens (primary N) is 1. The summed E-state index contributed by atoms with van der Waals surface area (Å²) in [4.78, 5) is 0. The van der Waals surface area contributed by atoms with E-state index in [4.69, 9.17) is 11.4 Å². The molecule has 6 heteroatoms. The molecule has 0 aliphatic carbocycles. The van der Waals surface area contributed by atoms with Crippen LogP contribution in [-0.2, 0) is 0 Å². The molecule has 60 valence electrons. The Morgan fingerprint density at radius 3 is 2.50 bits per heavy atom. The van der Waals surface area contributed by atoms with E-state index in [0.29, 0.717) is 6.54 Å². The molecule has 0 aromatic carbocycles. The van der Waals surface area contributed by atoms with E-state index in [2.05, 4.69) is 21.4 Å². The Morgan fingerprint density at radius 2 is 1.90 bits per heavy atom. The first-order chi connectivity index (χ1) is 4.91. The van der Waals surface area contributed by atoms with Gasteiger partial charge < -0.3 is 5.32 Å². The minimum atomic E-state index is 0.675. The van der Waals surface area contributed by atoms with Crippen LogP contribution in [0, 0.1) is 5.53 Å². The van der Waals surface area contributed by atoms with Crippen LogP contribution in [0.15, 0.2) is 5.22 Å². The Bertz CT molecular complexity index is 74.1. The summed E-state index contributed by atoms with van der Waals surface area (Å²) in [5.74, 6) is 5.02. The smallest absolute Gasteiger partial charge is 0.0471 e. The lowest BCUT2D eigenvalue weighted by atomic mass is 10.6. The lowest BCUT2D eigenvalue weighted by Gasteiger charge is -2.01. The fourth-order valence-corrected chi connectivity index (χ4v) is 0.486. The summed E-state index contributed by atoms with van der Waals surface area (Å²) in [7, 11) is 0. The molecule has 10 heavy (non-hydrogen) atoms. The van der Waals surface area contributed by atoms with Gasteiger partial charge in [0.05, 0.1) is 0 Å². The van der Waals surface area contributed by atoms with Crippen LogP contribution in [0.25, 0.3) is 0 Å². The second kappa shape index (κ2) is 8.28. The Kier molecular flexibility index (Phi) is 7.68. The van der Waals surface area contributed by atoms with Crippen molar-refractivity contribution in [3.05, 3.63) is 0 Å². The van der Waals surface area contributed by atoms with Gasteiger partial charge in [-0.15, -0.1) is 0 Å². The van der Waals surface area contributed by atoms with Gasteiger partial charge in [0, 0.05) is 26.2 Å². The minimum absolute atomic E-state index is 0.675. The van der Waals surface area contributed by atoms with Crippen molar-refractivity contribution < 1.29 is 0 Å². The SMILES string of the molecule is N=NNCCNCCNN. The Hall–Kier alpha value is -0.720. The zero-order chi connectivity index (χ0) is 7.66. The maximum absolute atomic E-state index is 6.37. The monoisotopic (exact) mass is 146 g/mol. The van der Waals surface area contributed by atoms with E-state index < -0.39 is 0 Å². The standard InChI is InChI=1S/C4H14N6/c5-8-3-1-7-2-4-9-10-6/h7-8H,1-5H2,(H2,6,9). The molecule has 0 fully saturated rings. The third-order valence-corrected chi connectivity index (χ3v) is 0.939. The minimum Gasteiger partial charge on any atom is -0.314 e. The summed E-state index contributed by atoms with van der Waals surface area (Å²) >= 11 is 0. The van der Waals surface area contributed by atoms with Crippen molar-refractivity contribution >= 4 is 0 Å². The van der Waals surface area contributed by atoms with Gasteiger partial charge >= 0.3 is 0 Å². The average molecular weight is 146 g/mol. The van der Waals surface area contributed by atoms with Crippen LogP contribution in [0.4, 0.5) is 0 Å². The highest BCUT2D eigenvalue weighted by molar-refractivity contribution is 4.48. The molecule has 0 amide bonds. The zero-order valence-corrected chi connectivity index (χ0v) is 5.85. The van der Waals surface area contributed by atoms with Crippen molar-refractivity contribution in [1.82, 2.24) is 16.2 Å². The third kappa shape index (κ3) is 7.28. The Labute approximate surface area is 60.0 Å². The number of hydrazine groups is 1. The van der Waals surface area contributed by atoms with Crippen molar-refractivity contribution in [2.45, 2.75) is 0 Å². The van der Waals surface area contributed by atoms with E-state index in [1.807, 2.05) is 0 Å². The van der Waals surface area contributed by atoms with Crippen molar-refractivity contribution in [2.24, 2.45) is 11.1 Å². The van der Waals surface area contributed by atoms with E-state index in [1.54, 1.807) is 0 Å². The van der Waals surface area contributed by atoms with Gasteiger partial charge in [-0.2, -0.15) is 5.53 Å². The molecule has 0 aromatic rings. The highest BCUT2D eigenvalue weighted by Gasteiger charge is 1.83. The van der Waals surface area contributed by atoms with Gasteiger partial charge in [-0.25, -0.2) is 0 Å². The highest BCUT2D eigenvalue weighted by atomic mass is 15.4. The van der Waals surface area contributed by atoms with Crippen LogP contribution in [0.3, 0.4) is 0 Å². The molecule has 0 rings (SSSR count). The van der Waals surface area contributed by atoms with Crippen molar-refractivity contribution in [1.29, 1.82) is 5.53 Å². The number of nitrogens with zero attached hydrogens (tertiary/aromatic N) is 1. The fourth-order valence-electron chi connectivity index (χ4n) is 0.486. The molecule has 0 aliphatic heterocycles. The topological polar surface area (TPSA) is 98.3 Å². The van der Waals surface area contributed by atoms with Crippen LogP contribution in [-0.4, -0.2) is 26.2 Å². The van der Waals surface area contributed by atoms with Crippen LogP contribution in [0.5, 0.6) is 0 Å². The van der Waals surface area contributed by atoms with Gasteiger partial charge in [0.15, 0.2) is 0 Å². The van der Waals surface area contributed by atoms with E-state index in [1.165, 1.54) is 0 Å². The summed E-state index contributed by atoms with van der Waals surface area (Å²) in [6, 6.07) is 0. The average Bonchev–Trinajstić information content (AvgIpc) is 1.97. The van der Waals surface area contributed by atoms with Crippen LogP contribution in [0.1, 0.15) is 0 Å². The van der Waals surface area contributed by atoms with Crippen LogP contribution in [0.2, 0.25) is 0 Å². The largest absolute Gasteiger partial charge is 0.314 e. The molecule has 0 aromatic heterocycles. The van der Waals surface area contributed by atoms with Crippen LogP contribution >= 0.6 is 0 Å². The van der Waals surface area contributed by atoms with Crippen molar-refractivity contribution in [2.75, 3.05) is 26.2 Å². The molecule has 6 N–H and O–H groups in total. The fraction of sp³-hybridized carbons (Fsp3) is 1.00. The number of hydrogen-bond donors (Lipinski definition) is 5. The molecular formula is C4H14N6. The summed E-state index contributed by atoms with van der Waals surface area (Å²) in [6.07, 6.45) is 0. The first kappa shape index (κ1) is 9.28. The molecule has 0 saturated carbocycles. The third-order valence-electron chi connectivity index (χ3n) is 0.939. The summed E-state index contributed by atoms with van der Waals surface area (Å²) in [6.45, 7) is 3.05. The predicted molar refractivity (Wildman–Crippen MR) is 38.2 cm³/mol. The second-order valence-electron chi connectivity index (χ2n) is 1.72. The first-order valence-corrected chi connectivity index (χ1v) is 3.15. The maximum atomic E-state index is 6.37. The van der Waals surface area contributed by atoms with Gasteiger partial charge in [-0.1, -0.05) is 5.22 Å². The van der Waals surface area contributed by atoms with Gasteiger partial charge in [0.1, 0.15) is 0 Å². The molecule has 0 unspecified atom stereocenters. The molecule has 0 aliphatic rings. The van der Waals surface area contributed by atoms with Gasteiger partial charge in [0.2, 0.25) is 0 Å². The summed E-state index contributed by atoms with van der Waals surface area (Å²) in [5, 5.41) is 6.05. The van der Waals surface area contributed by atoms with Gasteiger partial charge in [-0.3, -0.25) is 16.7 Å². The van der Waals surface area contributed by atoms with E-state index >= 15 is 0 Å². The molecule has 0 radical (unpaired) electrons. The molecule has 0 saturated heterocycles. The van der Waals surface area contributed by atoms with Crippen molar-refractivity contribution in [3.63, 3.8) is 0 Å². The normalized spacial score (nSPS) is 9.30. The molecule has 6 nitrogen and oxygen atoms in total. The maximum Gasteiger partial charge on any atom is 0.0471 e. The van der Waals surface area contributed by atoms with E-state index in [-0.39, 0.29) is 0 Å². The van der Waals surface area contributed by atoms with Crippen molar-refractivity contribution in [3.8, 4) is 0 Å². The zero-order valence-electron chi connectivity index (χ0n) is 5.85. The molecular weight excluding hydrogens is 132 g/mol. The second-order valence-corrected chi connectivity index (χ2v) is 1.72. The summed E-state index contributed by atoms with van der Waals surface area (Å²) in [5.41, 5.74) is 11.4. The number of nitrogens with one attached hydrogen (secondary N) is 4. The quantitative estimate of drug-likeness (QED) is 0.132. The first-order valence-electron chi connectivity index (χ1n) is 3.15. The predicted octanol–water partition coefficient (Wildman–Crippen LogP) is -1.43. The van der Waals surface area contributed by atoms with E-state index in [0.717, 1.165) is 19.6 Å². The molecule has 0 bridgehead atoms. The summed E-state index contributed by atoms with van der Waals surface area (Å²) < 4.78 is 0. The number of rotatable bonds is 7. The highest BCUT2D eigenvalue weighted by Crippen LogP contribution is 1.58. The molecule has 0 heterocycles. The molecule has 0 spiro atoms. The lowest BCUT2D eigenvalue weighted by Crippen LogP contribution is -2.34. The molecule has 0 atom stereocenters. The lowest BCUT2D eigenvalue weighted by molar-refractivity contribution is 0.584. The van der Waals surface area contributed by atoms with Crippen LogP contribution < -0.4 is 22.0 Å². The van der Waals surface area contributed by atoms with E-state index in [9.17, 15) is 0 Å². The van der Waals surface area contributed by atoms with Gasteiger partial charge in [-0.05, 0) is 0 Å². The Balaban J connectivity index is 2.70. The number of hydrogen-bond acceptors (Lipinski definition) is 5.